The van der Waals surface area contributed by atoms with E-state index in [9.17, 15) is 9.90 Å². The fourth-order valence-electron chi connectivity index (χ4n) is 3.52. The van der Waals surface area contributed by atoms with Crippen molar-refractivity contribution in [1.82, 2.24) is 9.80 Å². The lowest BCUT2D eigenvalue weighted by Crippen LogP contribution is -2.42. The van der Waals surface area contributed by atoms with Crippen LogP contribution in [0.15, 0.2) is 17.5 Å². The smallest absolute Gasteiger partial charge is 0.237 e. The molecule has 1 saturated carbocycles. The maximum absolute atomic E-state index is 12.6. The first-order chi connectivity index (χ1) is 10.1. The second kappa shape index (κ2) is 6.46. The SMILES string of the molecule is CN(CC(=O)N1CCCC1c1cccs1)CC1CC(O)C1. The predicted molar refractivity (Wildman–Crippen MR) is 84.2 cm³/mol. The summed E-state index contributed by atoms with van der Waals surface area (Å²) in [5.41, 5.74) is 0. The quantitative estimate of drug-likeness (QED) is 0.906. The van der Waals surface area contributed by atoms with Crippen LogP contribution in [0, 0.1) is 5.92 Å². The largest absolute Gasteiger partial charge is 0.393 e. The Labute approximate surface area is 130 Å². The van der Waals surface area contributed by atoms with Crippen molar-refractivity contribution in [2.75, 3.05) is 26.7 Å². The number of likely N-dealkylation sites (tertiary alicyclic amines) is 1. The van der Waals surface area contributed by atoms with Crippen molar-refractivity contribution < 1.29 is 9.90 Å². The predicted octanol–water partition coefficient (Wildman–Crippen LogP) is 2.11. The van der Waals surface area contributed by atoms with E-state index in [0.717, 1.165) is 38.8 Å². The second-order valence-electron chi connectivity index (χ2n) is 6.45. The fourth-order valence-corrected chi connectivity index (χ4v) is 4.39. The number of aliphatic hydroxyl groups excluding tert-OH is 1. The topological polar surface area (TPSA) is 43.8 Å². The normalized spacial score (nSPS) is 28.9. The summed E-state index contributed by atoms with van der Waals surface area (Å²) in [6.07, 6.45) is 3.86. The minimum Gasteiger partial charge on any atom is -0.393 e. The number of hydrogen-bond donors (Lipinski definition) is 1. The average molecular weight is 308 g/mol. The molecule has 2 heterocycles. The highest BCUT2D eigenvalue weighted by molar-refractivity contribution is 7.10. The molecule has 2 aliphatic rings. The van der Waals surface area contributed by atoms with Gasteiger partial charge in [0.2, 0.25) is 5.91 Å². The number of hydrogen-bond acceptors (Lipinski definition) is 4. The van der Waals surface area contributed by atoms with E-state index in [2.05, 4.69) is 27.3 Å². The number of amides is 1. The molecule has 4 nitrogen and oxygen atoms in total. The monoisotopic (exact) mass is 308 g/mol. The van der Waals surface area contributed by atoms with E-state index in [1.807, 2.05) is 7.05 Å². The fraction of sp³-hybridized carbons (Fsp3) is 0.688. The van der Waals surface area contributed by atoms with Gasteiger partial charge in [-0.05, 0) is 50.1 Å². The molecule has 1 saturated heterocycles. The zero-order valence-electron chi connectivity index (χ0n) is 12.6. The molecule has 1 aliphatic heterocycles. The highest BCUT2D eigenvalue weighted by Crippen LogP contribution is 2.34. The van der Waals surface area contributed by atoms with Gasteiger partial charge in [0.15, 0.2) is 0 Å². The Balaban J connectivity index is 1.52. The van der Waals surface area contributed by atoms with Gasteiger partial charge in [-0.15, -0.1) is 11.3 Å². The Bertz CT molecular complexity index is 471. The maximum Gasteiger partial charge on any atom is 0.237 e. The van der Waals surface area contributed by atoms with Gasteiger partial charge in [-0.3, -0.25) is 9.69 Å². The van der Waals surface area contributed by atoms with Crippen LogP contribution in [0.5, 0.6) is 0 Å². The molecule has 5 heteroatoms. The molecule has 1 aromatic rings. The van der Waals surface area contributed by atoms with Crippen LogP contribution in [0.4, 0.5) is 0 Å². The van der Waals surface area contributed by atoms with Gasteiger partial charge in [0.25, 0.3) is 0 Å². The summed E-state index contributed by atoms with van der Waals surface area (Å²) >= 11 is 1.75. The minimum atomic E-state index is -0.110. The van der Waals surface area contributed by atoms with Gasteiger partial charge in [-0.2, -0.15) is 0 Å². The van der Waals surface area contributed by atoms with Crippen molar-refractivity contribution in [3.05, 3.63) is 22.4 Å². The Morgan fingerprint density at radius 1 is 1.52 bits per heavy atom. The number of rotatable bonds is 5. The zero-order valence-corrected chi connectivity index (χ0v) is 13.4. The summed E-state index contributed by atoms with van der Waals surface area (Å²) in [5, 5.41) is 11.4. The van der Waals surface area contributed by atoms with Gasteiger partial charge >= 0.3 is 0 Å². The molecule has 1 N–H and O–H groups in total. The highest BCUT2D eigenvalue weighted by Gasteiger charge is 2.32. The van der Waals surface area contributed by atoms with Gasteiger partial charge < -0.3 is 10.0 Å². The van der Waals surface area contributed by atoms with E-state index in [-0.39, 0.29) is 18.1 Å². The summed E-state index contributed by atoms with van der Waals surface area (Å²) in [6.45, 7) is 2.30. The van der Waals surface area contributed by atoms with E-state index >= 15 is 0 Å². The first-order valence-electron chi connectivity index (χ1n) is 7.83. The number of carbonyl (C=O) groups excluding carboxylic acids is 1. The second-order valence-corrected chi connectivity index (χ2v) is 7.43. The Morgan fingerprint density at radius 2 is 2.33 bits per heavy atom. The van der Waals surface area contributed by atoms with Crippen molar-refractivity contribution in [2.45, 2.75) is 37.8 Å². The van der Waals surface area contributed by atoms with Crippen LogP contribution >= 0.6 is 11.3 Å². The van der Waals surface area contributed by atoms with Gasteiger partial charge in [0, 0.05) is 18.0 Å². The van der Waals surface area contributed by atoms with Crippen LogP contribution in [0.1, 0.15) is 36.6 Å². The first kappa shape index (κ1) is 15.0. The molecule has 0 aromatic carbocycles. The molecule has 0 spiro atoms. The van der Waals surface area contributed by atoms with Gasteiger partial charge in [0.1, 0.15) is 0 Å². The van der Waals surface area contributed by atoms with E-state index in [4.69, 9.17) is 0 Å². The van der Waals surface area contributed by atoms with Crippen molar-refractivity contribution in [2.24, 2.45) is 5.92 Å². The Morgan fingerprint density at radius 3 is 3.00 bits per heavy atom. The van der Waals surface area contributed by atoms with E-state index in [1.165, 1.54) is 4.88 Å². The first-order valence-corrected chi connectivity index (χ1v) is 8.71. The van der Waals surface area contributed by atoms with Crippen LogP contribution in [-0.4, -0.2) is 53.6 Å². The number of aliphatic hydroxyl groups is 1. The van der Waals surface area contributed by atoms with Gasteiger partial charge in [-0.25, -0.2) is 0 Å². The minimum absolute atomic E-state index is 0.110. The lowest BCUT2D eigenvalue weighted by atomic mass is 9.82. The number of likely N-dealkylation sites (N-methyl/N-ethyl adjacent to an activating group) is 1. The van der Waals surface area contributed by atoms with Crippen LogP contribution in [0.25, 0.3) is 0 Å². The highest BCUT2D eigenvalue weighted by atomic mass is 32.1. The standard InChI is InChI=1S/C16H24N2O2S/c1-17(10-12-8-13(19)9-12)11-16(20)18-6-2-4-14(18)15-5-3-7-21-15/h3,5,7,12-14,19H,2,4,6,8-11H2,1H3. The Hall–Kier alpha value is -0.910. The molecule has 116 valence electrons. The van der Waals surface area contributed by atoms with Crippen molar-refractivity contribution >= 4 is 17.2 Å². The third-order valence-electron chi connectivity index (χ3n) is 4.63. The van der Waals surface area contributed by atoms with Crippen molar-refractivity contribution in [1.29, 1.82) is 0 Å². The Kier molecular flexibility index (Phi) is 4.62. The summed E-state index contributed by atoms with van der Waals surface area (Å²) in [4.78, 5) is 18.0. The molecule has 1 atom stereocenters. The maximum atomic E-state index is 12.6. The van der Waals surface area contributed by atoms with E-state index in [0.29, 0.717) is 12.5 Å². The number of carbonyl (C=O) groups is 1. The van der Waals surface area contributed by atoms with Crippen molar-refractivity contribution in [3.63, 3.8) is 0 Å². The van der Waals surface area contributed by atoms with Gasteiger partial charge in [-0.1, -0.05) is 6.07 Å². The van der Waals surface area contributed by atoms with Gasteiger partial charge in [0.05, 0.1) is 18.7 Å². The lowest BCUT2D eigenvalue weighted by Gasteiger charge is -2.35. The summed E-state index contributed by atoms with van der Waals surface area (Å²) in [6, 6.07) is 4.49. The van der Waals surface area contributed by atoms with Crippen LogP contribution < -0.4 is 0 Å². The number of thiophene rings is 1. The average Bonchev–Trinajstić information content (AvgIpc) is 3.07. The van der Waals surface area contributed by atoms with Crippen molar-refractivity contribution in [3.8, 4) is 0 Å². The van der Waals surface area contributed by atoms with E-state index in [1.54, 1.807) is 11.3 Å². The molecule has 0 bridgehead atoms. The summed E-state index contributed by atoms with van der Waals surface area (Å²) < 4.78 is 0. The zero-order chi connectivity index (χ0) is 14.8. The third-order valence-corrected chi connectivity index (χ3v) is 5.60. The van der Waals surface area contributed by atoms with Crippen LogP contribution in [-0.2, 0) is 4.79 Å². The molecule has 1 aromatic heterocycles. The molecular weight excluding hydrogens is 284 g/mol. The molecular formula is C16H24N2O2S. The number of nitrogens with zero attached hydrogens (tertiary/aromatic N) is 2. The molecule has 21 heavy (non-hydrogen) atoms. The van der Waals surface area contributed by atoms with Crippen LogP contribution in [0.3, 0.4) is 0 Å². The summed E-state index contributed by atoms with van der Waals surface area (Å²) in [5.74, 6) is 0.803. The lowest BCUT2D eigenvalue weighted by molar-refractivity contribution is -0.133. The molecule has 1 aliphatic carbocycles. The molecule has 0 radical (unpaired) electrons. The molecule has 1 amide bonds. The van der Waals surface area contributed by atoms with Crippen LogP contribution in [0.2, 0.25) is 0 Å². The third kappa shape index (κ3) is 3.47. The summed E-state index contributed by atoms with van der Waals surface area (Å²) in [7, 11) is 2.01. The molecule has 2 fully saturated rings. The molecule has 1 unspecified atom stereocenters. The van der Waals surface area contributed by atoms with E-state index < -0.39 is 0 Å². The molecule has 3 rings (SSSR count).